The van der Waals surface area contributed by atoms with Crippen molar-refractivity contribution in [1.29, 1.82) is 0 Å². The summed E-state index contributed by atoms with van der Waals surface area (Å²) in [6.07, 6.45) is 2.04. The van der Waals surface area contributed by atoms with Gasteiger partial charge in [0.05, 0.1) is 0 Å². The predicted octanol–water partition coefficient (Wildman–Crippen LogP) is 5.05. The molecular weight excluding hydrogens is 357 g/mol. The van der Waals surface area contributed by atoms with Crippen LogP contribution >= 0.6 is 15.9 Å². The van der Waals surface area contributed by atoms with Gasteiger partial charge in [-0.25, -0.2) is 4.39 Å². The van der Waals surface area contributed by atoms with E-state index in [0.717, 1.165) is 34.3 Å². The molecule has 2 nitrogen and oxygen atoms in total. The second kappa shape index (κ2) is 8.16. The van der Waals surface area contributed by atoms with E-state index < -0.39 is 0 Å². The topological polar surface area (TPSA) is 32.3 Å². The fourth-order valence-corrected chi connectivity index (χ4v) is 2.89. The second-order valence-electron chi connectivity index (χ2n) is 5.44. The van der Waals surface area contributed by atoms with Gasteiger partial charge in [0.15, 0.2) is 0 Å². The van der Waals surface area contributed by atoms with Crippen molar-refractivity contribution < 1.29 is 9.50 Å². The van der Waals surface area contributed by atoms with Crippen LogP contribution in [0.5, 0.6) is 5.75 Å². The standard InChI is InChI=1S/C19H21BrFNO/c1-3-11-22-13(2)16-5-4-6-18(21)17(16)9-7-14-12-15(20)8-10-19(14)23/h4-6,8,10,12,22-23H,2-3,7,9,11H2,1H3. The van der Waals surface area contributed by atoms with Crippen LogP contribution in [0.15, 0.2) is 47.4 Å². The highest BCUT2D eigenvalue weighted by molar-refractivity contribution is 9.10. The van der Waals surface area contributed by atoms with E-state index in [2.05, 4.69) is 34.7 Å². The Balaban J connectivity index is 2.22. The van der Waals surface area contributed by atoms with Gasteiger partial charge in [-0.3, -0.25) is 0 Å². The van der Waals surface area contributed by atoms with Crippen LogP contribution in [-0.4, -0.2) is 11.7 Å². The Morgan fingerprint density at radius 3 is 2.78 bits per heavy atom. The molecule has 4 heteroatoms. The number of rotatable bonds is 7. The minimum Gasteiger partial charge on any atom is -0.508 e. The largest absolute Gasteiger partial charge is 0.508 e. The molecule has 0 radical (unpaired) electrons. The molecule has 0 heterocycles. The van der Waals surface area contributed by atoms with Crippen molar-refractivity contribution in [3.8, 4) is 5.75 Å². The molecule has 0 fully saturated rings. The van der Waals surface area contributed by atoms with E-state index >= 15 is 0 Å². The summed E-state index contributed by atoms with van der Waals surface area (Å²) in [5.74, 6) is -0.00883. The number of hydrogen-bond donors (Lipinski definition) is 2. The van der Waals surface area contributed by atoms with Crippen molar-refractivity contribution in [2.75, 3.05) is 6.54 Å². The van der Waals surface area contributed by atoms with Crippen LogP contribution in [0.3, 0.4) is 0 Å². The number of hydrogen-bond acceptors (Lipinski definition) is 2. The Morgan fingerprint density at radius 1 is 1.26 bits per heavy atom. The molecule has 23 heavy (non-hydrogen) atoms. The lowest BCUT2D eigenvalue weighted by Crippen LogP contribution is -2.14. The third kappa shape index (κ3) is 4.58. The molecule has 2 aromatic rings. The first-order chi connectivity index (χ1) is 11.0. The van der Waals surface area contributed by atoms with E-state index in [0.29, 0.717) is 18.4 Å². The third-order valence-corrected chi connectivity index (χ3v) is 4.21. The van der Waals surface area contributed by atoms with Crippen LogP contribution in [0.25, 0.3) is 5.70 Å². The molecule has 0 saturated carbocycles. The Hall–Kier alpha value is -1.81. The highest BCUT2D eigenvalue weighted by Crippen LogP contribution is 2.26. The van der Waals surface area contributed by atoms with Gasteiger partial charge < -0.3 is 10.4 Å². The van der Waals surface area contributed by atoms with Gasteiger partial charge >= 0.3 is 0 Å². The highest BCUT2D eigenvalue weighted by atomic mass is 79.9. The molecule has 2 N–H and O–H groups in total. The van der Waals surface area contributed by atoms with Gasteiger partial charge in [0.1, 0.15) is 11.6 Å². The molecule has 0 saturated heterocycles. The number of aromatic hydroxyl groups is 1. The maximum absolute atomic E-state index is 14.3. The lowest BCUT2D eigenvalue weighted by molar-refractivity contribution is 0.467. The maximum atomic E-state index is 14.3. The number of nitrogens with one attached hydrogen (secondary N) is 1. The molecule has 0 atom stereocenters. The average Bonchev–Trinajstić information content (AvgIpc) is 2.54. The molecule has 0 aliphatic rings. The van der Waals surface area contributed by atoms with Crippen LogP contribution in [0.2, 0.25) is 0 Å². The molecule has 2 rings (SSSR count). The fourth-order valence-electron chi connectivity index (χ4n) is 2.48. The highest BCUT2D eigenvalue weighted by Gasteiger charge is 2.12. The molecule has 0 aliphatic heterocycles. The Labute approximate surface area is 145 Å². The number of phenols is 1. The lowest BCUT2D eigenvalue weighted by atomic mass is 9.97. The monoisotopic (exact) mass is 377 g/mol. The molecule has 0 spiro atoms. The van der Waals surface area contributed by atoms with E-state index in [1.54, 1.807) is 18.2 Å². The average molecular weight is 378 g/mol. The summed E-state index contributed by atoms with van der Waals surface area (Å²) in [5.41, 5.74) is 2.95. The SMILES string of the molecule is C=C(NCCC)c1cccc(F)c1CCc1cc(Br)ccc1O. The summed E-state index contributed by atoms with van der Waals surface area (Å²) in [7, 11) is 0. The first-order valence-electron chi connectivity index (χ1n) is 7.70. The van der Waals surface area contributed by atoms with Gasteiger partial charge in [0.25, 0.3) is 0 Å². The van der Waals surface area contributed by atoms with Crippen molar-refractivity contribution in [2.45, 2.75) is 26.2 Å². The molecule has 0 aromatic heterocycles. The summed E-state index contributed by atoms with van der Waals surface area (Å²) >= 11 is 3.39. The maximum Gasteiger partial charge on any atom is 0.127 e. The first-order valence-corrected chi connectivity index (χ1v) is 8.50. The summed E-state index contributed by atoms with van der Waals surface area (Å²) in [6.45, 7) is 6.90. The molecule has 0 aliphatic carbocycles. The third-order valence-electron chi connectivity index (χ3n) is 3.72. The van der Waals surface area contributed by atoms with E-state index in [1.165, 1.54) is 6.07 Å². The minimum atomic E-state index is -0.239. The Morgan fingerprint density at radius 2 is 2.04 bits per heavy atom. The Bertz CT molecular complexity index is 700. The van der Waals surface area contributed by atoms with Crippen LogP contribution in [0.1, 0.15) is 30.0 Å². The summed E-state index contributed by atoms with van der Waals surface area (Å²) < 4.78 is 15.2. The van der Waals surface area contributed by atoms with Crippen molar-refractivity contribution >= 4 is 21.6 Å². The van der Waals surface area contributed by atoms with Gasteiger partial charge in [0, 0.05) is 22.3 Å². The number of halogens is 2. The quantitative estimate of drug-likeness (QED) is 0.707. The lowest BCUT2D eigenvalue weighted by Gasteiger charge is -2.15. The van der Waals surface area contributed by atoms with Gasteiger partial charge in [-0.2, -0.15) is 0 Å². The molecule has 0 bridgehead atoms. The van der Waals surface area contributed by atoms with Crippen molar-refractivity contribution in [1.82, 2.24) is 5.32 Å². The van der Waals surface area contributed by atoms with E-state index in [-0.39, 0.29) is 11.6 Å². The smallest absolute Gasteiger partial charge is 0.127 e. The van der Waals surface area contributed by atoms with Gasteiger partial charge in [-0.1, -0.05) is 41.6 Å². The summed E-state index contributed by atoms with van der Waals surface area (Å²) in [6, 6.07) is 10.3. The van der Waals surface area contributed by atoms with Crippen molar-refractivity contribution in [3.05, 3.63) is 70.0 Å². The summed E-state index contributed by atoms with van der Waals surface area (Å²) in [5, 5.41) is 13.1. The van der Waals surface area contributed by atoms with E-state index in [9.17, 15) is 9.50 Å². The summed E-state index contributed by atoms with van der Waals surface area (Å²) in [4.78, 5) is 0. The van der Waals surface area contributed by atoms with Crippen molar-refractivity contribution in [3.63, 3.8) is 0 Å². The van der Waals surface area contributed by atoms with Gasteiger partial charge in [-0.15, -0.1) is 0 Å². The molecule has 0 unspecified atom stereocenters. The van der Waals surface area contributed by atoms with Crippen molar-refractivity contribution in [2.24, 2.45) is 0 Å². The molecular formula is C19H21BrFNO. The minimum absolute atomic E-state index is 0.231. The van der Waals surface area contributed by atoms with Gasteiger partial charge in [-0.05, 0) is 54.7 Å². The zero-order valence-electron chi connectivity index (χ0n) is 13.2. The molecule has 0 amide bonds. The van der Waals surface area contributed by atoms with E-state index in [1.807, 2.05) is 12.1 Å². The normalized spacial score (nSPS) is 10.6. The van der Waals surface area contributed by atoms with Crippen LogP contribution in [0.4, 0.5) is 4.39 Å². The van der Waals surface area contributed by atoms with Crippen LogP contribution in [0, 0.1) is 5.82 Å². The molecule has 122 valence electrons. The molecule has 2 aromatic carbocycles. The second-order valence-corrected chi connectivity index (χ2v) is 6.36. The first kappa shape index (κ1) is 17.5. The number of aryl methyl sites for hydroxylation is 1. The van der Waals surface area contributed by atoms with Crippen LogP contribution in [-0.2, 0) is 12.8 Å². The van der Waals surface area contributed by atoms with E-state index in [4.69, 9.17) is 0 Å². The zero-order chi connectivity index (χ0) is 16.8. The fraction of sp³-hybridized carbons (Fsp3) is 0.263. The van der Waals surface area contributed by atoms with Crippen LogP contribution < -0.4 is 5.32 Å². The number of benzene rings is 2. The van der Waals surface area contributed by atoms with Gasteiger partial charge in [0.2, 0.25) is 0 Å². The zero-order valence-corrected chi connectivity index (χ0v) is 14.8. The predicted molar refractivity (Wildman–Crippen MR) is 96.9 cm³/mol. The number of phenolic OH excluding ortho intramolecular Hbond substituents is 1. The Kier molecular flexibility index (Phi) is 6.22.